The molecule has 0 amide bonds. The first kappa shape index (κ1) is 14.9. The van der Waals surface area contributed by atoms with E-state index < -0.39 is 0 Å². The minimum atomic E-state index is 0.0128. The maximum Gasteiger partial charge on any atom is 0.0613 e. The molecule has 4 N–H and O–H groups in total. The van der Waals surface area contributed by atoms with Gasteiger partial charge in [0.05, 0.1) is 12.2 Å². The van der Waals surface area contributed by atoms with Gasteiger partial charge in [-0.15, -0.1) is 0 Å². The maximum atomic E-state index is 6.00. The van der Waals surface area contributed by atoms with Crippen molar-refractivity contribution >= 4 is 0 Å². The Morgan fingerprint density at radius 2 is 1.13 bits per heavy atom. The van der Waals surface area contributed by atoms with Gasteiger partial charge in [0, 0.05) is 10.8 Å². The van der Waals surface area contributed by atoms with Crippen LogP contribution in [0.2, 0.25) is 0 Å². The molecule has 0 saturated heterocycles. The van der Waals surface area contributed by atoms with Crippen LogP contribution in [-0.4, -0.2) is 25.3 Å². The fourth-order valence-electron chi connectivity index (χ4n) is 1.01. The monoisotopic (exact) mass is 216 g/mol. The number of nitrogens with two attached hydrogens (primary N) is 2. The van der Waals surface area contributed by atoms with Gasteiger partial charge < -0.3 is 16.2 Å². The van der Waals surface area contributed by atoms with Crippen molar-refractivity contribution in [3.63, 3.8) is 0 Å². The van der Waals surface area contributed by atoms with Gasteiger partial charge in [-0.3, -0.25) is 0 Å². The van der Waals surface area contributed by atoms with Crippen LogP contribution < -0.4 is 11.5 Å². The molecule has 0 aromatic heterocycles. The summed E-state index contributed by atoms with van der Waals surface area (Å²) in [6.45, 7) is 13.9. The predicted octanol–water partition coefficient (Wildman–Crippen LogP) is 1.75. The fraction of sp³-hybridized carbons (Fsp3) is 1.00. The van der Waals surface area contributed by atoms with E-state index in [9.17, 15) is 0 Å². The van der Waals surface area contributed by atoms with E-state index in [0.29, 0.717) is 13.1 Å². The predicted molar refractivity (Wildman–Crippen MR) is 65.7 cm³/mol. The Balaban J connectivity index is 4.36. The summed E-state index contributed by atoms with van der Waals surface area (Å²) in [5, 5.41) is 0. The lowest BCUT2D eigenvalue weighted by Gasteiger charge is -2.38. The van der Waals surface area contributed by atoms with E-state index in [2.05, 4.69) is 41.5 Å². The van der Waals surface area contributed by atoms with E-state index in [0.717, 1.165) is 0 Å². The Hall–Kier alpha value is -0.120. The molecule has 0 aliphatic rings. The van der Waals surface area contributed by atoms with Crippen molar-refractivity contribution in [3.05, 3.63) is 0 Å². The second-order valence-corrected chi connectivity index (χ2v) is 5.81. The molecule has 0 aliphatic heterocycles. The summed E-state index contributed by atoms with van der Waals surface area (Å²) in [6, 6.07) is 0. The van der Waals surface area contributed by atoms with Gasteiger partial charge in [0.2, 0.25) is 0 Å². The van der Waals surface area contributed by atoms with Gasteiger partial charge in [-0.2, -0.15) is 0 Å². The van der Waals surface area contributed by atoms with Gasteiger partial charge in [0.1, 0.15) is 0 Å². The molecule has 0 aliphatic carbocycles. The molecule has 0 saturated carbocycles. The highest BCUT2D eigenvalue weighted by atomic mass is 16.5. The van der Waals surface area contributed by atoms with Crippen molar-refractivity contribution in [3.8, 4) is 0 Å². The van der Waals surface area contributed by atoms with Crippen LogP contribution in [0.1, 0.15) is 41.5 Å². The summed E-state index contributed by atoms with van der Waals surface area (Å²) in [4.78, 5) is 0. The van der Waals surface area contributed by atoms with Crippen molar-refractivity contribution in [2.75, 3.05) is 13.1 Å². The third-order valence-electron chi connectivity index (χ3n) is 3.66. The number of hydrogen-bond acceptors (Lipinski definition) is 3. The van der Waals surface area contributed by atoms with E-state index >= 15 is 0 Å². The standard InChI is InChI=1S/C12H28N2O/c1-9(11(3,4)7-13)15-10(2)12(5,6)8-14/h9-10H,7-8,13-14H2,1-6H3. The number of rotatable bonds is 6. The molecule has 0 spiro atoms. The first-order valence-corrected chi connectivity index (χ1v) is 5.73. The zero-order valence-corrected chi connectivity index (χ0v) is 11.1. The Bertz CT molecular complexity index is 170. The number of hydrogen-bond donors (Lipinski definition) is 2. The van der Waals surface area contributed by atoms with E-state index in [-0.39, 0.29) is 23.0 Å². The third-order valence-corrected chi connectivity index (χ3v) is 3.66. The largest absolute Gasteiger partial charge is 0.374 e. The Morgan fingerprint density at radius 1 is 0.867 bits per heavy atom. The Labute approximate surface area is 94.5 Å². The maximum absolute atomic E-state index is 6.00. The van der Waals surface area contributed by atoms with Crippen molar-refractivity contribution < 1.29 is 4.74 Å². The topological polar surface area (TPSA) is 61.3 Å². The number of ether oxygens (including phenoxy) is 1. The van der Waals surface area contributed by atoms with Crippen molar-refractivity contribution in [2.45, 2.75) is 53.8 Å². The zero-order chi connectivity index (χ0) is 12.3. The second-order valence-electron chi connectivity index (χ2n) is 5.81. The van der Waals surface area contributed by atoms with Crippen LogP contribution in [0.25, 0.3) is 0 Å². The smallest absolute Gasteiger partial charge is 0.0613 e. The lowest BCUT2D eigenvalue weighted by atomic mass is 9.85. The van der Waals surface area contributed by atoms with E-state index in [4.69, 9.17) is 16.2 Å². The van der Waals surface area contributed by atoms with Crippen LogP contribution in [0.4, 0.5) is 0 Å². The highest BCUT2D eigenvalue weighted by Gasteiger charge is 2.31. The normalized spacial score (nSPS) is 17.6. The van der Waals surface area contributed by atoms with Crippen LogP contribution in [-0.2, 0) is 4.74 Å². The highest BCUT2D eigenvalue weighted by molar-refractivity contribution is 4.82. The molecule has 0 aromatic rings. The second kappa shape index (κ2) is 5.28. The first-order chi connectivity index (χ1) is 6.67. The molecule has 3 nitrogen and oxygen atoms in total. The molecular formula is C12H28N2O. The van der Waals surface area contributed by atoms with Crippen molar-refractivity contribution in [2.24, 2.45) is 22.3 Å². The van der Waals surface area contributed by atoms with Crippen molar-refractivity contribution in [1.29, 1.82) is 0 Å². The van der Waals surface area contributed by atoms with E-state index in [1.807, 2.05) is 0 Å². The Kier molecular flexibility index (Phi) is 5.24. The van der Waals surface area contributed by atoms with Gasteiger partial charge in [-0.25, -0.2) is 0 Å². The summed E-state index contributed by atoms with van der Waals surface area (Å²) >= 11 is 0. The molecule has 15 heavy (non-hydrogen) atoms. The molecule has 0 radical (unpaired) electrons. The van der Waals surface area contributed by atoms with Gasteiger partial charge in [0.15, 0.2) is 0 Å². The Morgan fingerprint density at radius 3 is 1.33 bits per heavy atom. The molecular weight excluding hydrogens is 188 g/mol. The lowest BCUT2D eigenvalue weighted by Crippen LogP contribution is -2.43. The molecule has 0 aromatic carbocycles. The quantitative estimate of drug-likeness (QED) is 0.711. The van der Waals surface area contributed by atoms with Gasteiger partial charge in [0.25, 0.3) is 0 Å². The SMILES string of the molecule is CC(OC(C)C(C)(C)CN)C(C)(C)CN. The van der Waals surface area contributed by atoms with Crippen LogP contribution in [0.3, 0.4) is 0 Å². The summed E-state index contributed by atoms with van der Waals surface area (Å²) in [5.41, 5.74) is 11.5. The molecule has 0 rings (SSSR count). The average Bonchev–Trinajstić information content (AvgIpc) is 2.17. The molecule has 92 valence electrons. The van der Waals surface area contributed by atoms with Gasteiger partial charge in [-0.1, -0.05) is 27.7 Å². The lowest BCUT2D eigenvalue weighted by molar-refractivity contribution is -0.0930. The van der Waals surface area contributed by atoms with Crippen LogP contribution in [0.15, 0.2) is 0 Å². The third kappa shape index (κ3) is 4.09. The summed E-state index contributed by atoms with van der Waals surface area (Å²) in [5.74, 6) is 0. The van der Waals surface area contributed by atoms with Crippen LogP contribution in [0, 0.1) is 10.8 Å². The highest BCUT2D eigenvalue weighted by Crippen LogP contribution is 2.28. The van der Waals surface area contributed by atoms with Crippen LogP contribution in [0.5, 0.6) is 0 Å². The minimum absolute atomic E-state index is 0.0128. The fourth-order valence-corrected chi connectivity index (χ4v) is 1.01. The molecule has 0 bridgehead atoms. The average molecular weight is 216 g/mol. The molecule has 2 atom stereocenters. The molecule has 0 fully saturated rings. The molecule has 2 unspecified atom stereocenters. The molecule has 0 heterocycles. The van der Waals surface area contributed by atoms with E-state index in [1.165, 1.54) is 0 Å². The van der Waals surface area contributed by atoms with Gasteiger partial charge >= 0.3 is 0 Å². The van der Waals surface area contributed by atoms with Crippen LogP contribution >= 0.6 is 0 Å². The van der Waals surface area contributed by atoms with Crippen molar-refractivity contribution in [1.82, 2.24) is 0 Å². The summed E-state index contributed by atoms with van der Waals surface area (Å²) in [6.07, 6.45) is 0.284. The molecule has 3 heteroatoms. The summed E-state index contributed by atoms with van der Waals surface area (Å²) < 4.78 is 6.00. The minimum Gasteiger partial charge on any atom is -0.374 e. The summed E-state index contributed by atoms with van der Waals surface area (Å²) in [7, 11) is 0. The van der Waals surface area contributed by atoms with Gasteiger partial charge in [-0.05, 0) is 26.9 Å². The van der Waals surface area contributed by atoms with E-state index in [1.54, 1.807) is 0 Å². The first-order valence-electron chi connectivity index (χ1n) is 5.73. The zero-order valence-electron chi connectivity index (χ0n) is 11.1.